The topological polar surface area (TPSA) is 102 Å². The quantitative estimate of drug-likeness (QED) is 0.146. The first-order valence-electron chi connectivity index (χ1n) is 8.83. The summed E-state index contributed by atoms with van der Waals surface area (Å²) in [6, 6.07) is 21.2. The van der Waals surface area contributed by atoms with E-state index in [0.717, 1.165) is 11.6 Å². The van der Waals surface area contributed by atoms with E-state index < -0.39 is 10.9 Å². The van der Waals surface area contributed by atoms with Gasteiger partial charge in [-0.2, -0.15) is 5.26 Å². The Morgan fingerprint density at radius 1 is 1.00 bits per heavy atom. The second kappa shape index (κ2) is 9.17. The van der Waals surface area contributed by atoms with Crippen LogP contribution in [0.25, 0.3) is 11.6 Å². The summed E-state index contributed by atoms with van der Waals surface area (Å²) in [4.78, 5) is 22.6. The number of carbonyl (C=O) groups excluding carboxylic acids is 1. The molecule has 0 heterocycles. The molecule has 7 nitrogen and oxygen atoms in total. The van der Waals surface area contributed by atoms with E-state index in [0.29, 0.717) is 16.9 Å². The van der Waals surface area contributed by atoms with Crippen LogP contribution < -0.4 is 9.47 Å². The van der Waals surface area contributed by atoms with Crippen molar-refractivity contribution in [1.29, 1.82) is 5.26 Å². The van der Waals surface area contributed by atoms with Gasteiger partial charge < -0.3 is 9.47 Å². The number of non-ortho nitro benzene ring substituents is 1. The lowest BCUT2D eigenvalue weighted by molar-refractivity contribution is -0.384. The minimum Gasteiger partial charge on any atom is -0.497 e. The Kier molecular flexibility index (Phi) is 6.20. The van der Waals surface area contributed by atoms with Gasteiger partial charge in [-0.1, -0.05) is 18.2 Å². The van der Waals surface area contributed by atoms with Crippen molar-refractivity contribution in [2.24, 2.45) is 0 Å². The van der Waals surface area contributed by atoms with Gasteiger partial charge in [0.2, 0.25) is 0 Å². The zero-order valence-electron chi connectivity index (χ0n) is 15.9. The molecule has 3 aromatic carbocycles. The highest BCUT2D eigenvalue weighted by atomic mass is 16.6. The lowest BCUT2D eigenvalue weighted by Gasteiger charge is -2.06. The van der Waals surface area contributed by atoms with Crippen LogP contribution in [0.4, 0.5) is 5.69 Å². The highest BCUT2D eigenvalue weighted by Gasteiger charge is 2.13. The Balaban J connectivity index is 1.82. The van der Waals surface area contributed by atoms with Crippen LogP contribution in [0.2, 0.25) is 0 Å². The molecule has 0 aromatic heterocycles. The van der Waals surface area contributed by atoms with Crippen LogP contribution in [0.5, 0.6) is 11.5 Å². The fraction of sp³-hybridized carbons (Fsp3) is 0.0435. The highest BCUT2D eigenvalue weighted by Crippen LogP contribution is 2.23. The number of hydrogen-bond donors (Lipinski definition) is 0. The molecule has 3 rings (SSSR count). The average molecular weight is 400 g/mol. The summed E-state index contributed by atoms with van der Waals surface area (Å²) in [7, 11) is 1.57. The van der Waals surface area contributed by atoms with Crippen LogP contribution >= 0.6 is 0 Å². The molecular weight excluding hydrogens is 384 g/mol. The molecule has 148 valence electrons. The van der Waals surface area contributed by atoms with Gasteiger partial charge in [0.1, 0.15) is 11.5 Å². The van der Waals surface area contributed by atoms with E-state index in [1.165, 1.54) is 18.2 Å². The minimum absolute atomic E-state index is 0.0705. The first-order chi connectivity index (χ1) is 14.5. The summed E-state index contributed by atoms with van der Waals surface area (Å²) in [6.07, 6.45) is 1.67. The lowest BCUT2D eigenvalue weighted by Crippen LogP contribution is -2.08. The lowest BCUT2D eigenvalue weighted by atomic mass is 10.0. The molecule has 7 heteroatoms. The van der Waals surface area contributed by atoms with Crippen molar-refractivity contribution in [3.05, 3.63) is 99.6 Å². The van der Waals surface area contributed by atoms with Crippen molar-refractivity contribution in [3.8, 4) is 17.6 Å². The Bertz CT molecular complexity index is 1160. The van der Waals surface area contributed by atoms with Crippen molar-refractivity contribution in [2.75, 3.05) is 7.11 Å². The molecule has 0 aliphatic rings. The standard InChI is InChI=1S/C23H16N2O5/c1-29-21-10-8-17(9-11-21)19(15-24)12-16-4-2-7-22(13-16)30-23(26)18-5-3-6-20(14-18)25(27)28/h2-14H,1H3/b19-12-. The van der Waals surface area contributed by atoms with E-state index in [2.05, 4.69) is 6.07 Å². The molecule has 30 heavy (non-hydrogen) atoms. The van der Waals surface area contributed by atoms with Gasteiger partial charge in [0.05, 0.1) is 29.2 Å². The van der Waals surface area contributed by atoms with Gasteiger partial charge in [0.15, 0.2) is 0 Å². The fourth-order valence-electron chi connectivity index (χ4n) is 2.70. The maximum absolute atomic E-state index is 12.3. The fourth-order valence-corrected chi connectivity index (χ4v) is 2.70. The normalized spacial score (nSPS) is 10.7. The molecule has 0 fully saturated rings. The summed E-state index contributed by atoms with van der Waals surface area (Å²) in [5, 5.41) is 20.4. The number of ether oxygens (including phenoxy) is 2. The van der Waals surface area contributed by atoms with E-state index >= 15 is 0 Å². The number of nitro groups is 1. The van der Waals surface area contributed by atoms with Crippen LogP contribution in [-0.4, -0.2) is 18.0 Å². The zero-order chi connectivity index (χ0) is 21.5. The number of carbonyl (C=O) groups is 1. The van der Waals surface area contributed by atoms with Crippen molar-refractivity contribution >= 4 is 23.3 Å². The van der Waals surface area contributed by atoms with Gasteiger partial charge in [-0.15, -0.1) is 0 Å². The van der Waals surface area contributed by atoms with Crippen LogP contribution in [-0.2, 0) is 0 Å². The minimum atomic E-state index is -0.713. The second-order valence-electron chi connectivity index (χ2n) is 6.17. The van der Waals surface area contributed by atoms with Gasteiger partial charge >= 0.3 is 5.97 Å². The maximum atomic E-state index is 12.3. The summed E-state index contributed by atoms with van der Waals surface area (Å²) in [6.45, 7) is 0. The van der Waals surface area contributed by atoms with Crippen LogP contribution in [0, 0.1) is 21.4 Å². The van der Waals surface area contributed by atoms with E-state index in [-0.39, 0.29) is 17.0 Å². The molecule has 0 saturated heterocycles. The summed E-state index contributed by atoms with van der Waals surface area (Å²) in [5.41, 5.74) is 1.68. The molecule has 0 saturated carbocycles. The van der Waals surface area contributed by atoms with Crippen molar-refractivity contribution in [1.82, 2.24) is 0 Å². The summed E-state index contributed by atoms with van der Waals surface area (Å²) >= 11 is 0. The van der Waals surface area contributed by atoms with Crippen molar-refractivity contribution in [2.45, 2.75) is 0 Å². The summed E-state index contributed by atoms with van der Waals surface area (Å²) in [5.74, 6) is 0.230. The Morgan fingerprint density at radius 3 is 2.40 bits per heavy atom. The van der Waals surface area contributed by atoms with Crippen LogP contribution in [0.1, 0.15) is 21.5 Å². The smallest absolute Gasteiger partial charge is 0.343 e. The van der Waals surface area contributed by atoms with Crippen molar-refractivity contribution in [3.63, 3.8) is 0 Å². The molecule has 0 aliphatic carbocycles. The summed E-state index contributed by atoms with van der Waals surface area (Å²) < 4.78 is 10.5. The first kappa shape index (κ1) is 20.3. The van der Waals surface area contributed by atoms with Crippen molar-refractivity contribution < 1.29 is 19.2 Å². The molecular formula is C23H16N2O5. The Morgan fingerprint density at radius 2 is 1.73 bits per heavy atom. The molecule has 3 aromatic rings. The van der Waals surface area contributed by atoms with E-state index in [4.69, 9.17) is 9.47 Å². The number of nitro benzene ring substituents is 1. The Labute approximate surface area is 172 Å². The largest absolute Gasteiger partial charge is 0.497 e. The van der Waals surface area contributed by atoms with Crippen LogP contribution in [0.3, 0.4) is 0 Å². The van der Waals surface area contributed by atoms with Gasteiger partial charge in [0.25, 0.3) is 5.69 Å². The van der Waals surface area contributed by atoms with E-state index in [1.807, 2.05) is 0 Å². The van der Waals surface area contributed by atoms with E-state index in [9.17, 15) is 20.2 Å². The molecule has 0 unspecified atom stereocenters. The van der Waals surface area contributed by atoms with Crippen LogP contribution in [0.15, 0.2) is 72.8 Å². The number of nitrogens with zero attached hydrogens (tertiary/aromatic N) is 2. The SMILES string of the molecule is COc1ccc(/C(C#N)=C\c2cccc(OC(=O)c3cccc([N+](=O)[O-])c3)c2)cc1. The number of methoxy groups -OCH3 is 1. The number of rotatable bonds is 6. The maximum Gasteiger partial charge on any atom is 0.343 e. The third kappa shape index (κ3) is 4.88. The molecule has 0 atom stereocenters. The van der Waals surface area contributed by atoms with Gasteiger partial charge in [-0.05, 0) is 59.7 Å². The number of allylic oxidation sites excluding steroid dienone is 1. The number of benzene rings is 3. The monoisotopic (exact) mass is 400 g/mol. The average Bonchev–Trinajstić information content (AvgIpc) is 2.78. The molecule has 0 aliphatic heterocycles. The third-order valence-corrected chi connectivity index (χ3v) is 4.19. The highest BCUT2D eigenvalue weighted by molar-refractivity contribution is 5.92. The zero-order valence-corrected chi connectivity index (χ0v) is 15.9. The predicted octanol–water partition coefficient (Wildman–Crippen LogP) is 4.89. The molecule has 0 radical (unpaired) electrons. The number of esters is 1. The molecule has 0 amide bonds. The first-order valence-corrected chi connectivity index (χ1v) is 8.83. The van der Waals surface area contributed by atoms with Gasteiger partial charge in [-0.25, -0.2) is 4.79 Å². The second-order valence-corrected chi connectivity index (χ2v) is 6.17. The molecule has 0 N–H and O–H groups in total. The van der Waals surface area contributed by atoms with Gasteiger partial charge in [0, 0.05) is 12.1 Å². The predicted molar refractivity (Wildman–Crippen MR) is 111 cm³/mol. The Hall–Kier alpha value is -4.44. The molecule has 0 spiro atoms. The van der Waals surface area contributed by atoms with E-state index in [1.54, 1.807) is 61.7 Å². The third-order valence-electron chi connectivity index (χ3n) is 4.19. The number of nitriles is 1. The van der Waals surface area contributed by atoms with Gasteiger partial charge in [-0.3, -0.25) is 10.1 Å². The molecule has 0 bridgehead atoms. The number of hydrogen-bond acceptors (Lipinski definition) is 6.